The molecule has 3 rings (SSSR count). The van der Waals surface area contributed by atoms with E-state index in [9.17, 15) is 9.59 Å². The topological polar surface area (TPSA) is 62.3 Å². The summed E-state index contributed by atoms with van der Waals surface area (Å²) in [4.78, 5) is 29.6. The number of thioether (sulfide) groups is 1. The SMILES string of the molecule is Cc1ncc(NC(=O)C(=O)N2C[C@@H]3C[C@H]2CS3)s1. The van der Waals surface area contributed by atoms with E-state index in [1.807, 2.05) is 18.7 Å². The van der Waals surface area contributed by atoms with Crippen molar-refractivity contribution in [3.63, 3.8) is 0 Å². The Morgan fingerprint density at radius 2 is 2.39 bits per heavy atom. The lowest BCUT2D eigenvalue weighted by atomic mass is 10.2. The van der Waals surface area contributed by atoms with Gasteiger partial charge in [0.15, 0.2) is 0 Å². The second kappa shape index (κ2) is 4.55. The van der Waals surface area contributed by atoms with E-state index in [-0.39, 0.29) is 6.04 Å². The Morgan fingerprint density at radius 1 is 1.56 bits per heavy atom. The van der Waals surface area contributed by atoms with Crippen molar-refractivity contribution in [2.24, 2.45) is 0 Å². The number of likely N-dealkylation sites (tertiary alicyclic amines) is 1. The van der Waals surface area contributed by atoms with Crippen molar-refractivity contribution >= 4 is 39.9 Å². The first kappa shape index (κ1) is 12.0. The monoisotopic (exact) mass is 283 g/mol. The summed E-state index contributed by atoms with van der Waals surface area (Å²) in [6.07, 6.45) is 2.61. The van der Waals surface area contributed by atoms with Crippen LogP contribution in [0.4, 0.5) is 5.00 Å². The second-order valence-corrected chi connectivity index (χ2v) is 7.07. The maximum absolute atomic E-state index is 12.0. The van der Waals surface area contributed by atoms with Gasteiger partial charge in [0.25, 0.3) is 0 Å². The highest BCUT2D eigenvalue weighted by atomic mass is 32.2. The summed E-state index contributed by atoms with van der Waals surface area (Å²) in [5.74, 6) is 0.00800. The van der Waals surface area contributed by atoms with Gasteiger partial charge < -0.3 is 10.2 Å². The zero-order valence-electron chi connectivity index (χ0n) is 9.88. The van der Waals surface area contributed by atoms with Crippen LogP contribution in [0.2, 0.25) is 0 Å². The molecule has 0 aromatic carbocycles. The Morgan fingerprint density at radius 3 is 2.94 bits per heavy atom. The fourth-order valence-electron chi connectivity index (χ4n) is 2.36. The zero-order chi connectivity index (χ0) is 12.7. The molecule has 1 aromatic heterocycles. The number of rotatable bonds is 1. The first-order valence-corrected chi connectivity index (χ1v) is 7.66. The predicted octanol–water partition coefficient (Wildman–Crippen LogP) is 1.11. The summed E-state index contributed by atoms with van der Waals surface area (Å²) in [5.41, 5.74) is 0. The van der Waals surface area contributed by atoms with E-state index in [1.165, 1.54) is 11.3 Å². The lowest BCUT2D eigenvalue weighted by molar-refractivity contribution is -0.143. The van der Waals surface area contributed by atoms with Crippen molar-refractivity contribution < 1.29 is 9.59 Å². The van der Waals surface area contributed by atoms with Crippen LogP contribution in [0, 0.1) is 6.92 Å². The quantitative estimate of drug-likeness (QED) is 0.784. The molecule has 2 amide bonds. The number of anilines is 1. The van der Waals surface area contributed by atoms with Crippen LogP contribution in [0.15, 0.2) is 6.20 Å². The number of hydrogen-bond donors (Lipinski definition) is 1. The maximum atomic E-state index is 12.0. The number of nitrogens with one attached hydrogen (secondary N) is 1. The molecular formula is C11H13N3O2S2. The van der Waals surface area contributed by atoms with Gasteiger partial charge >= 0.3 is 11.8 Å². The molecule has 0 saturated carbocycles. The second-order valence-electron chi connectivity index (χ2n) is 4.50. The molecule has 5 nitrogen and oxygen atoms in total. The molecule has 3 heterocycles. The molecule has 2 fully saturated rings. The summed E-state index contributed by atoms with van der Waals surface area (Å²) >= 11 is 3.27. The molecule has 2 atom stereocenters. The third-order valence-corrected chi connectivity index (χ3v) is 5.43. The molecule has 2 aliphatic heterocycles. The molecule has 7 heteroatoms. The Balaban J connectivity index is 1.64. The average molecular weight is 283 g/mol. The van der Waals surface area contributed by atoms with Crippen LogP contribution in [0.25, 0.3) is 0 Å². The van der Waals surface area contributed by atoms with Crippen molar-refractivity contribution in [1.29, 1.82) is 0 Å². The van der Waals surface area contributed by atoms with Crippen molar-refractivity contribution in [2.45, 2.75) is 24.6 Å². The average Bonchev–Trinajstić information content (AvgIpc) is 3.04. The van der Waals surface area contributed by atoms with E-state index in [0.29, 0.717) is 16.8 Å². The summed E-state index contributed by atoms with van der Waals surface area (Å²) in [5, 5.41) is 4.64. The van der Waals surface area contributed by atoms with Crippen LogP contribution in [-0.4, -0.2) is 45.3 Å². The molecule has 2 aliphatic rings. The van der Waals surface area contributed by atoms with Crippen LogP contribution in [0.5, 0.6) is 0 Å². The van der Waals surface area contributed by atoms with Gasteiger partial charge in [0, 0.05) is 23.6 Å². The molecule has 2 saturated heterocycles. The van der Waals surface area contributed by atoms with Gasteiger partial charge in [-0.3, -0.25) is 9.59 Å². The number of thiazole rings is 1. The minimum absolute atomic E-state index is 0.251. The van der Waals surface area contributed by atoms with Crippen molar-refractivity contribution in [3.05, 3.63) is 11.2 Å². The van der Waals surface area contributed by atoms with Crippen LogP contribution >= 0.6 is 23.1 Å². The van der Waals surface area contributed by atoms with E-state index in [2.05, 4.69) is 10.3 Å². The van der Waals surface area contributed by atoms with Gasteiger partial charge in [-0.15, -0.1) is 11.3 Å². The Bertz CT molecular complexity index is 502. The number of fused-ring (bicyclic) bond motifs is 2. The van der Waals surface area contributed by atoms with Gasteiger partial charge in [0.05, 0.1) is 11.2 Å². The van der Waals surface area contributed by atoms with Crippen LogP contribution in [0.3, 0.4) is 0 Å². The molecule has 96 valence electrons. The van der Waals surface area contributed by atoms with Crippen molar-refractivity contribution in [3.8, 4) is 0 Å². The van der Waals surface area contributed by atoms with Crippen LogP contribution in [-0.2, 0) is 9.59 Å². The number of nitrogens with zero attached hydrogens (tertiary/aromatic N) is 2. The fourth-order valence-corrected chi connectivity index (χ4v) is 4.47. The van der Waals surface area contributed by atoms with E-state index >= 15 is 0 Å². The standard InChI is InChI=1S/C11H13N3O2S2/c1-6-12-3-9(18-6)13-10(15)11(16)14-4-8-2-7(14)5-17-8/h3,7-8H,2,4-5H2,1H3,(H,13,15)/t7-,8-/m0/s1. The van der Waals surface area contributed by atoms with Gasteiger partial charge in [-0.25, -0.2) is 4.98 Å². The molecular weight excluding hydrogens is 270 g/mol. The number of carbonyl (C=O) groups excluding carboxylic acids is 2. The van der Waals surface area contributed by atoms with Gasteiger partial charge in [-0.2, -0.15) is 11.8 Å². The van der Waals surface area contributed by atoms with Gasteiger partial charge in [0.2, 0.25) is 0 Å². The predicted molar refractivity (Wildman–Crippen MR) is 71.8 cm³/mol. The molecule has 0 radical (unpaired) electrons. The first-order chi connectivity index (χ1) is 8.63. The number of aryl methyl sites for hydroxylation is 1. The molecule has 18 heavy (non-hydrogen) atoms. The largest absolute Gasteiger partial charge is 0.329 e. The molecule has 0 spiro atoms. The summed E-state index contributed by atoms with van der Waals surface area (Å²) in [7, 11) is 0. The lowest BCUT2D eigenvalue weighted by Gasteiger charge is -2.25. The number of aromatic nitrogens is 1. The molecule has 1 aromatic rings. The van der Waals surface area contributed by atoms with E-state index < -0.39 is 11.8 Å². The van der Waals surface area contributed by atoms with Crippen LogP contribution in [0.1, 0.15) is 11.4 Å². The Labute approximate surface area is 113 Å². The van der Waals surface area contributed by atoms with Gasteiger partial charge in [0.1, 0.15) is 5.00 Å². The zero-order valence-corrected chi connectivity index (χ0v) is 11.5. The minimum atomic E-state index is -0.545. The molecule has 0 aliphatic carbocycles. The Kier molecular flexibility index (Phi) is 3.03. The highest BCUT2D eigenvalue weighted by molar-refractivity contribution is 8.00. The third kappa shape index (κ3) is 2.12. The maximum Gasteiger partial charge on any atom is 0.314 e. The van der Waals surface area contributed by atoms with E-state index in [4.69, 9.17) is 0 Å². The minimum Gasteiger partial charge on any atom is -0.329 e. The molecule has 1 N–H and O–H groups in total. The Hall–Kier alpha value is -1.08. The van der Waals surface area contributed by atoms with E-state index in [1.54, 1.807) is 11.1 Å². The summed E-state index contributed by atoms with van der Waals surface area (Å²) in [6, 6.07) is 0.251. The number of carbonyl (C=O) groups is 2. The third-order valence-electron chi connectivity index (χ3n) is 3.21. The smallest absolute Gasteiger partial charge is 0.314 e. The number of amides is 2. The highest BCUT2D eigenvalue weighted by Gasteiger charge is 2.42. The lowest BCUT2D eigenvalue weighted by Crippen LogP contribution is -2.45. The number of hydrogen-bond acceptors (Lipinski definition) is 5. The van der Waals surface area contributed by atoms with Crippen molar-refractivity contribution in [2.75, 3.05) is 17.6 Å². The van der Waals surface area contributed by atoms with Gasteiger partial charge in [-0.05, 0) is 13.3 Å². The van der Waals surface area contributed by atoms with Crippen molar-refractivity contribution in [1.82, 2.24) is 9.88 Å². The molecule has 2 bridgehead atoms. The molecule has 0 unspecified atom stereocenters. The highest BCUT2D eigenvalue weighted by Crippen LogP contribution is 2.37. The van der Waals surface area contributed by atoms with E-state index in [0.717, 1.165) is 17.2 Å². The van der Waals surface area contributed by atoms with Gasteiger partial charge in [-0.1, -0.05) is 0 Å². The summed E-state index contributed by atoms with van der Waals surface area (Å²) < 4.78 is 0. The summed E-state index contributed by atoms with van der Waals surface area (Å²) in [6.45, 7) is 2.57. The fraction of sp³-hybridized carbons (Fsp3) is 0.545. The van der Waals surface area contributed by atoms with Crippen LogP contribution < -0.4 is 5.32 Å². The normalized spacial score (nSPS) is 25.5. The first-order valence-electron chi connectivity index (χ1n) is 5.79.